The Morgan fingerprint density at radius 1 is 1.21 bits per heavy atom. The molecule has 1 aliphatic rings. The average Bonchev–Trinajstić information content (AvgIpc) is 3.02. The molecule has 1 fully saturated rings. The van der Waals surface area contributed by atoms with Crippen molar-refractivity contribution in [2.24, 2.45) is 0 Å². The fraction of sp³-hybridized carbons (Fsp3) is 0.435. The van der Waals surface area contributed by atoms with Crippen molar-refractivity contribution in [1.82, 2.24) is 15.0 Å². The number of rotatable bonds is 4. The van der Waals surface area contributed by atoms with E-state index in [0.717, 1.165) is 54.6 Å². The molecule has 6 heteroatoms. The molecule has 1 aliphatic heterocycles. The largest absolute Gasteiger partial charge is 0.497 e. The Kier molecular flexibility index (Phi) is 5.51. The Balaban J connectivity index is 1.68. The van der Waals surface area contributed by atoms with E-state index in [-0.39, 0.29) is 17.9 Å². The number of hydrogen-bond acceptors (Lipinski definition) is 5. The number of carbonyl (C=O) groups is 1. The summed E-state index contributed by atoms with van der Waals surface area (Å²) < 4.78 is 10.6. The SMILES string of the molecule is COc1ccc([C@@H]2CCCCCN2C(=O)c2cnc3onc(C(C)C)c3c2)cc1. The summed E-state index contributed by atoms with van der Waals surface area (Å²) in [6.45, 7) is 4.86. The third-order valence-corrected chi connectivity index (χ3v) is 5.67. The fourth-order valence-corrected chi connectivity index (χ4v) is 4.07. The lowest BCUT2D eigenvalue weighted by atomic mass is 9.99. The van der Waals surface area contributed by atoms with Crippen LogP contribution in [0.5, 0.6) is 5.75 Å². The summed E-state index contributed by atoms with van der Waals surface area (Å²) in [6, 6.07) is 9.98. The number of nitrogens with zero attached hydrogens (tertiary/aromatic N) is 3. The zero-order chi connectivity index (χ0) is 20.4. The molecule has 1 saturated heterocycles. The molecule has 0 bridgehead atoms. The van der Waals surface area contributed by atoms with Crippen molar-refractivity contribution in [3.05, 3.63) is 53.3 Å². The van der Waals surface area contributed by atoms with Gasteiger partial charge in [-0.15, -0.1) is 0 Å². The van der Waals surface area contributed by atoms with Crippen molar-refractivity contribution in [1.29, 1.82) is 0 Å². The van der Waals surface area contributed by atoms with Gasteiger partial charge in [0, 0.05) is 12.7 Å². The molecule has 1 aromatic carbocycles. The second-order valence-electron chi connectivity index (χ2n) is 7.94. The number of amides is 1. The zero-order valence-corrected chi connectivity index (χ0v) is 17.2. The number of hydrogen-bond donors (Lipinski definition) is 0. The standard InChI is InChI=1S/C23H27N3O3/c1-15(2)21-19-13-17(14-24-22(19)29-25-21)23(27)26-12-6-4-5-7-20(26)16-8-10-18(28-3)11-9-16/h8-11,13-15,20H,4-7,12H2,1-3H3/t20-/m0/s1. The van der Waals surface area contributed by atoms with Crippen LogP contribution in [0, 0.1) is 0 Å². The first-order valence-electron chi connectivity index (χ1n) is 10.3. The number of aromatic nitrogens is 2. The van der Waals surface area contributed by atoms with Crippen LogP contribution in [0.25, 0.3) is 11.1 Å². The van der Waals surface area contributed by atoms with Gasteiger partial charge in [0.2, 0.25) is 0 Å². The van der Waals surface area contributed by atoms with Crippen molar-refractivity contribution < 1.29 is 14.1 Å². The Bertz CT molecular complexity index is 994. The Morgan fingerprint density at radius 3 is 2.72 bits per heavy atom. The monoisotopic (exact) mass is 393 g/mol. The summed E-state index contributed by atoms with van der Waals surface area (Å²) in [7, 11) is 1.66. The van der Waals surface area contributed by atoms with E-state index >= 15 is 0 Å². The topological polar surface area (TPSA) is 68.5 Å². The quantitative estimate of drug-likeness (QED) is 0.616. The van der Waals surface area contributed by atoms with Gasteiger partial charge in [0.05, 0.1) is 29.8 Å². The van der Waals surface area contributed by atoms with Gasteiger partial charge in [-0.3, -0.25) is 4.79 Å². The molecule has 3 heterocycles. The lowest BCUT2D eigenvalue weighted by Crippen LogP contribution is -2.34. The number of methoxy groups -OCH3 is 1. The minimum atomic E-state index is 0.0121. The van der Waals surface area contributed by atoms with Crippen molar-refractivity contribution in [3.8, 4) is 5.75 Å². The molecular weight excluding hydrogens is 366 g/mol. The first-order chi connectivity index (χ1) is 14.1. The van der Waals surface area contributed by atoms with E-state index in [1.165, 1.54) is 0 Å². The molecule has 0 radical (unpaired) electrons. The van der Waals surface area contributed by atoms with Crippen LogP contribution in [-0.2, 0) is 0 Å². The third-order valence-electron chi connectivity index (χ3n) is 5.67. The second-order valence-corrected chi connectivity index (χ2v) is 7.94. The van der Waals surface area contributed by atoms with Gasteiger partial charge in [0.25, 0.3) is 11.6 Å². The normalized spacial score (nSPS) is 17.5. The molecule has 152 valence electrons. The third kappa shape index (κ3) is 3.84. The molecule has 0 spiro atoms. The van der Waals surface area contributed by atoms with Gasteiger partial charge in [-0.2, -0.15) is 0 Å². The maximum atomic E-state index is 13.5. The molecule has 4 rings (SSSR count). The van der Waals surface area contributed by atoms with Crippen LogP contribution in [0.4, 0.5) is 0 Å². The maximum Gasteiger partial charge on any atom is 0.257 e. The number of fused-ring (bicyclic) bond motifs is 1. The van der Waals surface area contributed by atoms with E-state index in [0.29, 0.717) is 11.3 Å². The van der Waals surface area contributed by atoms with E-state index in [9.17, 15) is 4.79 Å². The lowest BCUT2D eigenvalue weighted by molar-refractivity contribution is 0.0680. The van der Waals surface area contributed by atoms with Gasteiger partial charge < -0.3 is 14.2 Å². The molecule has 0 N–H and O–H groups in total. The van der Waals surface area contributed by atoms with Crippen LogP contribution in [0.2, 0.25) is 0 Å². The number of pyridine rings is 1. The van der Waals surface area contributed by atoms with Crippen LogP contribution in [0.15, 0.2) is 41.1 Å². The summed E-state index contributed by atoms with van der Waals surface area (Å²) in [5.41, 5.74) is 3.04. The first kappa shape index (κ1) is 19.4. The smallest absolute Gasteiger partial charge is 0.257 e. The fourth-order valence-electron chi connectivity index (χ4n) is 4.07. The van der Waals surface area contributed by atoms with Crippen LogP contribution in [0.3, 0.4) is 0 Å². The summed E-state index contributed by atoms with van der Waals surface area (Å²) in [5, 5.41) is 4.95. The predicted molar refractivity (Wildman–Crippen MR) is 111 cm³/mol. The summed E-state index contributed by atoms with van der Waals surface area (Å²) in [6.07, 6.45) is 5.82. The van der Waals surface area contributed by atoms with E-state index in [2.05, 4.69) is 36.1 Å². The Hall–Kier alpha value is -2.89. The van der Waals surface area contributed by atoms with Gasteiger partial charge in [0.15, 0.2) is 0 Å². The minimum Gasteiger partial charge on any atom is -0.497 e. The Labute approximate surface area is 170 Å². The molecule has 1 atom stereocenters. The maximum absolute atomic E-state index is 13.5. The van der Waals surface area contributed by atoms with E-state index in [1.807, 2.05) is 23.1 Å². The molecule has 3 aromatic rings. The van der Waals surface area contributed by atoms with E-state index in [4.69, 9.17) is 9.26 Å². The summed E-state index contributed by atoms with van der Waals surface area (Å²) >= 11 is 0. The number of carbonyl (C=O) groups excluding carboxylic acids is 1. The molecule has 0 aliphatic carbocycles. The van der Waals surface area contributed by atoms with Crippen molar-refractivity contribution in [2.75, 3.05) is 13.7 Å². The highest BCUT2D eigenvalue weighted by Crippen LogP contribution is 2.33. The highest BCUT2D eigenvalue weighted by molar-refractivity contribution is 5.97. The molecular formula is C23H27N3O3. The van der Waals surface area contributed by atoms with Crippen LogP contribution in [0.1, 0.15) is 73.1 Å². The second kappa shape index (κ2) is 8.23. The van der Waals surface area contributed by atoms with Crippen molar-refractivity contribution in [2.45, 2.75) is 51.5 Å². The number of benzene rings is 1. The minimum absolute atomic E-state index is 0.0121. The Morgan fingerprint density at radius 2 is 2.00 bits per heavy atom. The molecule has 2 aromatic heterocycles. The van der Waals surface area contributed by atoms with Gasteiger partial charge in [-0.05, 0) is 42.5 Å². The van der Waals surface area contributed by atoms with Crippen molar-refractivity contribution >= 4 is 17.0 Å². The highest BCUT2D eigenvalue weighted by atomic mass is 16.5. The molecule has 0 unspecified atom stereocenters. The van der Waals surface area contributed by atoms with Crippen molar-refractivity contribution in [3.63, 3.8) is 0 Å². The van der Waals surface area contributed by atoms with E-state index in [1.54, 1.807) is 13.3 Å². The average molecular weight is 393 g/mol. The van der Waals surface area contributed by atoms with Crippen LogP contribution < -0.4 is 4.74 Å². The number of ether oxygens (including phenoxy) is 1. The van der Waals surface area contributed by atoms with Gasteiger partial charge in [0.1, 0.15) is 5.75 Å². The highest BCUT2D eigenvalue weighted by Gasteiger charge is 2.28. The van der Waals surface area contributed by atoms with Gasteiger partial charge >= 0.3 is 0 Å². The predicted octanol–water partition coefficient (Wildman–Crippen LogP) is 5.11. The lowest BCUT2D eigenvalue weighted by Gasteiger charge is -2.30. The van der Waals surface area contributed by atoms with Crippen LogP contribution in [-0.4, -0.2) is 34.6 Å². The molecule has 6 nitrogen and oxygen atoms in total. The summed E-state index contributed by atoms with van der Waals surface area (Å²) in [4.78, 5) is 19.9. The molecule has 1 amide bonds. The summed E-state index contributed by atoms with van der Waals surface area (Å²) in [5.74, 6) is 1.04. The van der Waals surface area contributed by atoms with Gasteiger partial charge in [-0.1, -0.05) is 44.0 Å². The van der Waals surface area contributed by atoms with E-state index < -0.39 is 0 Å². The zero-order valence-electron chi connectivity index (χ0n) is 17.2. The van der Waals surface area contributed by atoms with Crippen LogP contribution >= 0.6 is 0 Å². The number of likely N-dealkylation sites (tertiary alicyclic amines) is 1. The molecule has 29 heavy (non-hydrogen) atoms. The van der Waals surface area contributed by atoms with Gasteiger partial charge in [-0.25, -0.2) is 4.98 Å². The molecule has 0 saturated carbocycles. The first-order valence-corrected chi connectivity index (χ1v) is 10.3.